The number of benzene rings is 3. The zero-order valence-electron chi connectivity index (χ0n) is 23.4. The summed E-state index contributed by atoms with van der Waals surface area (Å²) in [7, 11) is 0. The molecule has 5 aromatic rings. The van der Waals surface area contributed by atoms with Gasteiger partial charge in [-0.2, -0.15) is 10.2 Å². The number of hydrogen-bond donors (Lipinski definition) is 2. The van der Waals surface area contributed by atoms with Crippen LogP contribution >= 0.6 is 0 Å². The van der Waals surface area contributed by atoms with E-state index in [2.05, 4.69) is 33.9 Å². The van der Waals surface area contributed by atoms with Crippen LogP contribution in [-0.4, -0.2) is 38.7 Å². The number of anilines is 3. The fourth-order valence-electron chi connectivity index (χ4n) is 5.75. The van der Waals surface area contributed by atoms with Crippen molar-refractivity contribution in [2.24, 2.45) is 0 Å². The van der Waals surface area contributed by atoms with Gasteiger partial charge in [0.1, 0.15) is 11.9 Å². The fraction of sp³-hybridized carbons (Fsp3) is 0.303. The van der Waals surface area contributed by atoms with Gasteiger partial charge in [-0.1, -0.05) is 24.3 Å². The summed E-state index contributed by atoms with van der Waals surface area (Å²) in [5.74, 6) is -0.142. The highest BCUT2D eigenvalue weighted by molar-refractivity contribution is 6.04. The lowest BCUT2D eigenvalue weighted by Gasteiger charge is -2.23. The number of ether oxygens (including phenoxy) is 2. The third-order valence-corrected chi connectivity index (χ3v) is 7.91. The summed E-state index contributed by atoms with van der Waals surface area (Å²) in [6, 6.07) is 23.2. The highest BCUT2D eigenvalue weighted by Gasteiger charge is 2.24. The van der Waals surface area contributed by atoms with Crippen LogP contribution in [0.5, 0.6) is 0 Å². The predicted octanol–water partition coefficient (Wildman–Crippen LogP) is 7.29. The van der Waals surface area contributed by atoms with Crippen molar-refractivity contribution in [1.29, 1.82) is 0 Å². The number of nitrogens with one attached hydrogen (secondary N) is 2. The van der Waals surface area contributed by atoms with Crippen molar-refractivity contribution >= 4 is 33.9 Å². The number of carbonyl (C=O) groups excluding carboxylic acids is 1. The Morgan fingerprint density at radius 1 is 0.810 bits per heavy atom. The molecule has 7 rings (SSSR count). The van der Waals surface area contributed by atoms with Gasteiger partial charge in [0.15, 0.2) is 6.23 Å². The Kier molecular flexibility index (Phi) is 7.42. The molecule has 9 heteroatoms. The van der Waals surface area contributed by atoms with Gasteiger partial charge in [-0.25, -0.2) is 9.36 Å². The van der Waals surface area contributed by atoms with Crippen LogP contribution in [0.2, 0.25) is 0 Å². The first-order valence-electron chi connectivity index (χ1n) is 14.7. The molecule has 2 N–H and O–H groups in total. The summed E-state index contributed by atoms with van der Waals surface area (Å²) in [5.41, 5.74) is 5.98. The molecule has 9 nitrogen and oxygen atoms in total. The molecule has 4 heterocycles. The molecular weight excluding hydrogens is 528 g/mol. The number of amides is 1. The van der Waals surface area contributed by atoms with Crippen LogP contribution < -0.4 is 10.6 Å². The lowest BCUT2D eigenvalue weighted by molar-refractivity contribution is -0.0394. The Morgan fingerprint density at radius 3 is 2.36 bits per heavy atom. The first-order valence-corrected chi connectivity index (χ1v) is 14.7. The molecule has 2 atom stereocenters. The van der Waals surface area contributed by atoms with E-state index in [4.69, 9.17) is 14.6 Å². The Balaban J connectivity index is 1.18. The minimum Gasteiger partial charge on any atom is -0.357 e. The van der Waals surface area contributed by atoms with Crippen molar-refractivity contribution in [1.82, 2.24) is 19.6 Å². The zero-order chi connectivity index (χ0) is 28.3. The van der Waals surface area contributed by atoms with E-state index in [1.165, 1.54) is 0 Å². The molecule has 214 valence electrons. The van der Waals surface area contributed by atoms with Crippen molar-refractivity contribution < 1.29 is 14.3 Å². The van der Waals surface area contributed by atoms with E-state index in [9.17, 15) is 4.79 Å². The van der Waals surface area contributed by atoms with Gasteiger partial charge in [-0.05, 0) is 87.1 Å². The number of rotatable bonds is 7. The summed E-state index contributed by atoms with van der Waals surface area (Å²) in [5, 5.41) is 17.3. The van der Waals surface area contributed by atoms with E-state index in [1.54, 1.807) is 12.1 Å². The first-order chi connectivity index (χ1) is 20.7. The van der Waals surface area contributed by atoms with Crippen LogP contribution in [0, 0.1) is 0 Å². The second kappa shape index (κ2) is 11.8. The van der Waals surface area contributed by atoms with Crippen molar-refractivity contribution in [2.75, 3.05) is 23.8 Å². The van der Waals surface area contributed by atoms with Crippen LogP contribution in [0.15, 0.2) is 85.2 Å². The zero-order valence-corrected chi connectivity index (χ0v) is 23.4. The average Bonchev–Trinajstić information content (AvgIpc) is 3.68. The van der Waals surface area contributed by atoms with E-state index < -0.39 is 0 Å². The van der Waals surface area contributed by atoms with Gasteiger partial charge >= 0.3 is 0 Å². The molecule has 2 aliphatic heterocycles. The number of hydrogen-bond acceptors (Lipinski definition) is 6. The number of carbonyl (C=O) groups is 1. The summed E-state index contributed by atoms with van der Waals surface area (Å²) >= 11 is 0. The fourth-order valence-corrected chi connectivity index (χ4v) is 5.75. The Bertz CT molecular complexity index is 1680. The molecule has 2 saturated heterocycles. The normalized spacial score (nSPS) is 19.0. The third-order valence-electron chi connectivity index (χ3n) is 7.91. The molecule has 3 aromatic carbocycles. The summed E-state index contributed by atoms with van der Waals surface area (Å²) < 4.78 is 16.1. The molecule has 0 saturated carbocycles. The van der Waals surface area contributed by atoms with Gasteiger partial charge in [0, 0.05) is 53.0 Å². The van der Waals surface area contributed by atoms with E-state index in [0.717, 1.165) is 91.0 Å². The molecule has 0 radical (unpaired) electrons. The lowest BCUT2D eigenvalue weighted by atomic mass is 10.1. The first kappa shape index (κ1) is 26.4. The molecule has 2 aromatic heterocycles. The van der Waals surface area contributed by atoms with E-state index in [1.807, 2.05) is 64.2 Å². The quantitative estimate of drug-likeness (QED) is 0.216. The number of nitrogens with zero attached hydrogens (tertiary/aromatic N) is 4. The maximum Gasteiger partial charge on any atom is 0.255 e. The molecule has 0 spiro atoms. The smallest absolute Gasteiger partial charge is 0.255 e. The second-order valence-electron chi connectivity index (χ2n) is 10.9. The maximum atomic E-state index is 12.7. The maximum absolute atomic E-state index is 12.7. The summed E-state index contributed by atoms with van der Waals surface area (Å²) in [6.45, 7) is 1.51. The largest absolute Gasteiger partial charge is 0.357 e. The van der Waals surface area contributed by atoms with Gasteiger partial charge in [0.25, 0.3) is 5.91 Å². The van der Waals surface area contributed by atoms with Gasteiger partial charge < -0.3 is 20.1 Å². The van der Waals surface area contributed by atoms with Crippen molar-refractivity contribution in [3.8, 4) is 11.3 Å². The number of aromatic nitrogens is 4. The van der Waals surface area contributed by atoms with Gasteiger partial charge in [-0.3, -0.25) is 4.79 Å². The second-order valence-corrected chi connectivity index (χ2v) is 10.9. The summed E-state index contributed by atoms with van der Waals surface area (Å²) in [4.78, 5) is 12.7. The molecule has 2 fully saturated rings. The van der Waals surface area contributed by atoms with E-state index in [0.29, 0.717) is 5.56 Å². The minimum absolute atomic E-state index is 0.0217. The average molecular weight is 563 g/mol. The highest BCUT2D eigenvalue weighted by Crippen LogP contribution is 2.35. The SMILES string of the molecule is O=C(Nc1cccc(Nc2ccc3c(-c4cnn(C5CCCCO5)c4)nn(C4CCCCO4)c3c2)c1)c1ccccc1. The van der Waals surface area contributed by atoms with Gasteiger partial charge in [-0.15, -0.1) is 0 Å². The molecule has 0 aliphatic carbocycles. The van der Waals surface area contributed by atoms with Crippen LogP contribution in [-0.2, 0) is 9.47 Å². The Morgan fingerprint density at radius 2 is 1.57 bits per heavy atom. The molecule has 1 amide bonds. The standard InChI is InChI=1S/C33H34N6O3/c40-33(23-9-2-1-3-10-23)36-26-12-8-11-25(19-26)35-27-15-16-28-29(20-27)39(31-14-5-7-18-42-31)37-32(28)24-21-34-38(22-24)30-13-4-6-17-41-30/h1-3,8-12,15-16,19-22,30-31,35H,4-7,13-14,17-18H2,(H,36,40). The summed E-state index contributed by atoms with van der Waals surface area (Å²) in [6.07, 6.45) is 10.1. The molecule has 2 unspecified atom stereocenters. The molecule has 42 heavy (non-hydrogen) atoms. The Hall–Kier alpha value is -4.47. The van der Waals surface area contributed by atoms with Crippen LogP contribution in [0.1, 0.15) is 61.3 Å². The minimum atomic E-state index is -0.142. The molecule has 0 bridgehead atoms. The topological polar surface area (TPSA) is 95.2 Å². The van der Waals surface area contributed by atoms with Gasteiger partial charge in [0.2, 0.25) is 0 Å². The predicted molar refractivity (Wildman–Crippen MR) is 163 cm³/mol. The van der Waals surface area contributed by atoms with Crippen LogP contribution in [0.4, 0.5) is 17.1 Å². The molecular formula is C33H34N6O3. The van der Waals surface area contributed by atoms with Gasteiger partial charge in [0.05, 0.1) is 11.7 Å². The number of fused-ring (bicyclic) bond motifs is 1. The third kappa shape index (κ3) is 5.53. The van der Waals surface area contributed by atoms with Crippen molar-refractivity contribution in [3.05, 3.63) is 90.8 Å². The van der Waals surface area contributed by atoms with Crippen LogP contribution in [0.3, 0.4) is 0 Å². The van der Waals surface area contributed by atoms with Crippen molar-refractivity contribution in [3.63, 3.8) is 0 Å². The monoisotopic (exact) mass is 562 g/mol. The lowest BCUT2D eigenvalue weighted by Crippen LogP contribution is -2.19. The van der Waals surface area contributed by atoms with Crippen LogP contribution in [0.25, 0.3) is 22.2 Å². The Labute approximate surface area is 244 Å². The van der Waals surface area contributed by atoms with E-state index in [-0.39, 0.29) is 18.4 Å². The van der Waals surface area contributed by atoms with Crippen molar-refractivity contribution in [2.45, 2.75) is 51.0 Å². The van der Waals surface area contributed by atoms with E-state index >= 15 is 0 Å². The molecule has 2 aliphatic rings. The highest BCUT2D eigenvalue weighted by atomic mass is 16.5.